The molecule has 1 heterocycles. The van der Waals surface area contributed by atoms with Crippen molar-refractivity contribution < 1.29 is 14.1 Å². The van der Waals surface area contributed by atoms with Crippen molar-refractivity contribution in [2.24, 2.45) is 0 Å². The standard InChI is InChI=1S/C18H17ClFN3O3S/c19-16-11-15(5-6-17(16)20)27-12-18(24)22-9-7-21(8-10-22)13-1-3-14(4-2-13)23(25)26/h1-6,11H,7-10,12H2. The van der Waals surface area contributed by atoms with Crippen LogP contribution in [0.1, 0.15) is 0 Å². The number of rotatable bonds is 5. The first-order valence-corrected chi connectivity index (χ1v) is 9.65. The molecule has 0 bridgehead atoms. The normalized spacial score (nSPS) is 14.3. The third-order valence-electron chi connectivity index (χ3n) is 4.31. The molecule has 0 saturated carbocycles. The summed E-state index contributed by atoms with van der Waals surface area (Å²) >= 11 is 7.08. The van der Waals surface area contributed by atoms with E-state index in [1.807, 2.05) is 0 Å². The molecule has 1 amide bonds. The second kappa shape index (κ2) is 8.58. The summed E-state index contributed by atoms with van der Waals surface area (Å²) in [6.45, 7) is 2.49. The average molecular weight is 410 g/mol. The maximum absolute atomic E-state index is 13.2. The number of nitro groups is 1. The molecule has 0 aliphatic carbocycles. The van der Waals surface area contributed by atoms with Gasteiger partial charge in [-0.2, -0.15) is 0 Å². The number of nitrogens with zero attached hydrogens (tertiary/aromatic N) is 3. The van der Waals surface area contributed by atoms with Gasteiger partial charge in [0.1, 0.15) is 5.82 Å². The van der Waals surface area contributed by atoms with E-state index in [4.69, 9.17) is 11.6 Å². The van der Waals surface area contributed by atoms with Gasteiger partial charge in [0.25, 0.3) is 5.69 Å². The zero-order valence-electron chi connectivity index (χ0n) is 14.3. The van der Waals surface area contributed by atoms with Crippen molar-refractivity contribution in [2.45, 2.75) is 4.90 Å². The molecule has 3 rings (SSSR count). The molecule has 1 fully saturated rings. The molecule has 0 unspecified atom stereocenters. The first-order chi connectivity index (χ1) is 12.9. The molecule has 1 aliphatic heterocycles. The summed E-state index contributed by atoms with van der Waals surface area (Å²) in [5.41, 5.74) is 0.966. The largest absolute Gasteiger partial charge is 0.368 e. The minimum Gasteiger partial charge on any atom is -0.368 e. The van der Waals surface area contributed by atoms with Crippen LogP contribution in [0.3, 0.4) is 0 Å². The lowest BCUT2D eigenvalue weighted by molar-refractivity contribution is -0.384. The van der Waals surface area contributed by atoms with Crippen molar-refractivity contribution in [3.05, 3.63) is 63.4 Å². The monoisotopic (exact) mass is 409 g/mol. The Hall–Kier alpha value is -2.32. The number of thioether (sulfide) groups is 1. The molecular weight excluding hydrogens is 393 g/mol. The number of hydrogen-bond donors (Lipinski definition) is 0. The summed E-state index contributed by atoms with van der Waals surface area (Å²) in [4.78, 5) is 27.3. The predicted molar refractivity (Wildman–Crippen MR) is 104 cm³/mol. The number of carbonyl (C=O) groups excluding carboxylic acids is 1. The summed E-state index contributed by atoms with van der Waals surface area (Å²) in [6, 6.07) is 10.8. The van der Waals surface area contributed by atoms with Crippen LogP contribution < -0.4 is 4.90 Å². The number of carbonyl (C=O) groups is 1. The number of hydrogen-bond acceptors (Lipinski definition) is 5. The zero-order valence-corrected chi connectivity index (χ0v) is 15.9. The van der Waals surface area contributed by atoms with Crippen LogP contribution in [0.5, 0.6) is 0 Å². The molecule has 0 atom stereocenters. The summed E-state index contributed by atoms with van der Waals surface area (Å²) < 4.78 is 13.2. The van der Waals surface area contributed by atoms with Crippen molar-refractivity contribution in [3.8, 4) is 0 Å². The molecule has 9 heteroatoms. The van der Waals surface area contributed by atoms with Crippen LogP contribution in [0, 0.1) is 15.9 Å². The van der Waals surface area contributed by atoms with Crippen LogP contribution >= 0.6 is 23.4 Å². The van der Waals surface area contributed by atoms with Crippen LogP contribution in [0.25, 0.3) is 0 Å². The maximum atomic E-state index is 13.2. The van der Waals surface area contributed by atoms with Gasteiger partial charge >= 0.3 is 0 Å². The van der Waals surface area contributed by atoms with Gasteiger partial charge in [0.2, 0.25) is 5.91 Å². The highest BCUT2D eigenvalue weighted by Gasteiger charge is 2.21. The summed E-state index contributed by atoms with van der Waals surface area (Å²) in [6.07, 6.45) is 0. The average Bonchev–Trinajstić information content (AvgIpc) is 2.69. The molecule has 6 nitrogen and oxygen atoms in total. The summed E-state index contributed by atoms with van der Waals surface area (Å²) in [5, 5.41) is 10.8. The predicted octanol–water partition coefficient (Wildman–Crippen LogP) is 3.83. The van der Waals surface area contributed by atoms with Crippen molar-refractivity contribution in [1.82, 2.24) is 4.90 Å². The van der Waals surface area contributed by atoms with E-state index in [0.717, 1.165) is 10.6 Å². The molecule has 0 radical (unpaired) electrons. The number of benzene rings is 2. The molecule has 1 aliphatic rings. The van der Waals surface area contributed by atoms with Crippen LogP contribution in [0.15, 0.2) is 47.4 Å². The summed E-state index contributed by atoms with van der Waals surface area (Å²) in [5.74, 6) is -0.196. The number of nitro benzene ring substituents is 1. The lowest BCUT2D eigenvalue weighted by Crippen LogP contribution is -2.49. The van der Waals surface area contributed by atoms with Gasteiger partial charge in [-0.1, -0.05) is 11.6 Å². The quantitative estimate of drug-likeness (QED) is 0.426. The molecule has 2 aromatic rings. The minimum atomic E-state index is -0.477. The van der Waals surface area contributed by atoms with Crippen LogP contribution in [-0.2, 0) is 4.79 Å². The first-order valence-electron chi connectivity index (χ1n) is 8.29. The van der Waals surface area contributed by atoms with Crippen molar-refractivity contribution in [1.29, 1.82) is 0 Å². The highest BCUT2D eigenvalue weighted by molar-refractivity contribution is 8.00. The van der Waals surface area contributed by atoms with E-state index < -0.39 is 10.7 Å². The van der Waals surface area contributed by atoms with Crippen LogP contribution in [-0.4, -0.2) is 47.7 Å². The van der Waals surface area contributed by atoms with Gasteiger partial charge in [-0.05, 0) is 30.3 Å². The number of piperazine rings is 1. The highest BCUT2D eigenvalue weighted by Crippen LogP contribution is 2.25. The molecule has 0 aromatic heterocycles. The first kappa shape index (κ1) is 19.4. The van der Waals surface area contributed by atoms with E-state index in [1.165, 1.54) is 36.0 Å². The molecule has 2 aromatic carbocycles. The Morgan fingerprint density at radius 3 is 2.41 bits per heavy atom. The topological polar surface area (TPSA) is 66.7 Å². The third-order valence-corrected chi connectivity index (χ3v) is 5.58. The van der Waals surface area contributed by atoms with Gasteiger partial charge in [-0.25, -0.2) is 4.39 Å². The van der Waals surface area contributed by atoms with E-state index in [9.17, 15) is 19.3 Å². The van der Waals surface area contributed by atoms with E-state index in [2.05, 4.69) is 4.90 Å². The van der Waals surface area contributed by atoms with Gasteiger partial charge in [-0.15, -0.1) is 11.8 Å². The van der Waals surface area contributed by atoms with Crippen molar-refractivity contribution in [3.63, 3.8) is 0 Å². The Bertz CT molecular complexity index is 842. The van der Waals surface area contributed by atoms with Crippen LogP contribution in [0.2, 0.25) is 5.02 Å². The maximum Gasteiger partial charge on any atom is 0.269 e. The van der Waals surface area contributed by atoms with E-state index in [1.54, 1.807) is 23.1 Å². The fourth-order valence-corrected chi connectivity index (χ4v) is 3.89. The van der Waals surface area contributed by atoms with Gasteiger partial charge < -0.3 is 9.80 Å². The van der Waals surface area contributed by atoms with Gasteiger partial charge in [0.15, 0.2) is 0 Å². The SMILES string of the molecule is O=C(CSc1ccc(F)c(Cl)c1)N1CCN(c2ccc([N+](=O)[O-])cc2)CC1. The Labute approximate surface area is 165 Å². The molecule has 1 saturated heterocycles. The van der Waals surface area contributed by atoms with Crippen LogP contribution in [0.4, 0.5) is 15.8 Å². The summed E-state index contributed by atoms with van der Waals surface area (Å²) in [7, 11) is 0. The molecule has 0 N–H and O–H groups in total. The zero-order chi connectivity index (χ0) is 19.4. The van der Waals surface area contributed by atoms with Gasteiger partial charge in [0.05, 0.1) is 15.7 Å². The molecule has 0 spiro atoms. The number of non-ortho nitro benzene ring substituents is 1. The fourth-order valence-electron chi connectivity index (χ4n) is 2.80. The lowest BCUT2D eigenvalue weighted by Gasteiger charge is -2.36. The highest BCUT2D eigenvalue weighted by atomic mass is 35.5. The van der Waals surface area contributed by atoms with Gasteiger partial charge in [0, 0.05) is 48.9 Å². The van der Waals surface area contributed by atoms with Gasteiger partial charge in [-0.3, -0.25) is 14.9 Å². The Kier molecular flexibility index (Phi) is 6.18. The molecule has 142 valence electrons. The minimum absolute atomic E-state index is 0.0174. The molecule has 27 heavy (non-hydrogen) atoms. The fraction of sp³-hybridized carbons (Fsp3) is 0.278. The molecular formula is C18H17ClFN3O3S. The third kappa shape index (κ3) is 4.90. The number of anilines is 1. The number of amides is 1. The Morgan fingerprint density at radius 1 is 1.15 bits per heavy atom. The Balaban J connectivity index is 1.50. The second-order valence-corrected chi connectivity index (χ2v) is 7.46. The van der Waals surface area contributed by atoms with Crippen molar-refractivity contribution >= 4 is 40.6 Å². The number of halogens is 2. The Morgan fingerprint density at radius 2 is 1.81 bits per heavy atom. The van der Waals surface area contributed by atoms with E-state index >= 15 is 0 Å². The van der Waals surface area contributed by atoms with E-state index in [-0.39, 0.29) is 22.4 Å². The lowest BCUT2D eigenvalue weighted by atomic mass is 10.2. The van der Waals surface area contributed by atoms with E-state index in [0.29, 0.717) is 26.2 Å². The smallest absolute Gasteiger partial charge is 0.269 e. The second-order valence-electron chi connectivity index (χ2n) is 6.01. The van der Waals surface area contributed by atoms with Crippen molar-refractivity contribution in [2.75, 3.05) is 36.8 Å².